The first kappa shape index (κ1) is 12.1. The number of fused-ring (bicyclic) bond motifs is 3. The highest BCUT2D eigenvalue weighted by Crippen LogP contribution is 2.40. The molecular weight excluding hydrogens is 271 g/mol. The maximum Gasteiger partial charge on any atom is 0.279 e. The van der Waals surface area contributed by atoms with E-state index in [0.717, 1.165) is 28.1 Å². The number of rotatable bonds is 2. The van der Waals surface area contributed by atoms with Crippen LogP contribution in [0, 0.1) is 12.7 Å². The molecule has 4 rings (SSSR count). The number of halogens is 1. The smallest absolute Gasteiger partial charge is 0.279 e. The highest BCUT2D eigenvalue weighted by molar-refractivity contribution is 6.52. The van der Waals surface area contributed by atoms with Crippen LogP contribution in [0.25, 0.3) is 11.1 Å². The summed E-state index contributed by atoms with van der Waals surface area (Å²) in [5, 5.41) is 3.89. The molecule has 5 heteroatoms. The van der Waals surface area contributed by atoms with E-state index in [0.29, 0.717) is 17.2 Å². The van der Waals surface area contributed by atoms with Gasteiger partial charge < -0.3 is 9.57 Å². The summed E-state index contributed by atoms with van der Waals surface area (Å²) in [6.45, 7) is 1.96. The van der Waals surface area contributed by atoms with Crippen molar-refractivity contribution in [2.45, 2.75) is 6.92 Å². The minimum absolute atomic E-state index is 0.301. The number of hydrogen-bond donors (Lipinski definition) is 0. The average Bonchev–Trinajstić information content (AvgIpc) is 2.69. The number of oxime groups is 1. The standard InChI is InChI=1S/C16H11FN2O2/c1-8-5-9(11-7-10(17)3-4-13(11)20-2)6-12-14(8)18-16-15(12)19-21-16/h3-7H,1-2H3. The number of ether oxygens (including phenoxy) is 1. The molecule has 0 fully saturated rings. The topological polar surface area (TPSA) is 43.2 Å². The summed E-state index contributed by atoms with van der Waals surface area (Å²) < 4.78 is 18.9. The summed E-state index contributed by atoms with van der Waals surface area (Å²) in [4.78, 5) is 9.33. The fourth-order valence-electron chi connectivity index (χ4n) is 2.64. The molecule has 2 aliphatic rings. The summed E-state index contributed by atoms with van der Waals surface area (Å²) in [6, 6.07) is 8.38. The molecule has 2 aromatic rings. The molecule has 104 valence electrons. The second-order valence-electron chi connectivity index (χ2n) is 4.98. The predicted octanol–water partition coefficient (Wildman–Crippen LogP) is 3.59. The molecule has 2 aromatic carbocycles. The van der Waals surface area contributed by atoms with Gasteiger partial charge in [0.25, 0.3) is 5.90 Å². The van der Waals surface area contributed by atoms with Crippen molar-refractivity contribution < 1.29 is 14.0 Å². The third-order valence-electron chi connectivity index (χ3n) is 3.67. The largest absolute Gasteiger partial charge is 0.496 e. The molecule has 0 saturated heterocycles. The van der Waals surface area contributed by atoms with Crippen LogP contribution in [0.1, 0.15) is 11.1 Å². The van der Waals surface area contributed by atoms with Crippen molar-refractivity contribution in [1.29, 1.82) is 0 Å². The van der Waals surface area contributed by atoms with Gasteiger partial charge in [0.05, 0.1) is 12.8 Å². The van der Waals surface area contributed by atoms with Gasteiger partial charge in [-0.05, 0) is 48.4 Å². The lowest BCUT2D eigenvalue weighted by Gasteiger charge is -2.13. The van der Waals surface area contributed by atoms with E-state index in [9.17, 15) is 4.39 Å². The number of aliphatic imine (C=N–C) groups is 1. The van der Waals surface area contributed by atoms with Gasteiger partial charge >= 0.3 is 0 Å². The van der Waals surface area contributed by atoms with Gasteiger partial charge in [-0.2, -0.15) is 0 Å². The van der Waals surface area contributed by atoms with E-state index < -0.39 is 0 Å². The minimum Gasteiger partial charge on any atom is -0.496 e. The van der Waals surface area contributed by atoms with E-state index in [-0.39, 0.29) is 5.82 Å². The van der Waals surface area contributed by atoms with Crippen molar-refractivity contribution in [2.24, 2.45) is 10.1 Å². The average molecular weight is 282 g/mol. The lowest BCUT2D eigenvalue weighted by Crippen LogP contribution is -2.22. The van der Waals surface area contributed by atoms with Gasteiger partial charge in [-0.15, -0.1) is 0 Å². The molecule has 0 aromatic heterocycles. The van der Waals surface area contributed by atoms with Crippen LogP contribution in [-0.2, 0) is 4.84 Å². The fraction of sp³-hybridized carbons (Fsp3) is 0.125. The molecule has 21 heavy (non-hydrogen) atoms. The number of aryl methyl sites for hydroxylation is 1. The highest BCUT2D eigenvalue weighted by atomic mass is 19.1. The van der Waals surface area contributed by atoms with Crippen molar-refractivity contribution in [3.8, 4) is 16.9 Å². The fourth-order valence-corrected chi connectivity index (χ4v) is 2.64. The Morgan fingerprint density at radius 1 is 1.14 bits per heavy atom. The lowest BCUT2D eigenvalue weighted by atomic mass is 9.96. The van der Waals surface area contributed by atoms with Crippen LogP contribution in [0.4, 0.5) is 10.1 Å². The first-order chi connectivity index (χ1) is 10.2. The van der Waals surface area contributed by atoms with Gasteiger partial charge in [-0.1, -0.05) is 5.16 Å². The van der Waals surface area contributed by atoms with Gasteiger partial charge in [0.1, 0.15) is 11.6 Å². The maximum atomic E-state index is 13.6. The second-order valence-corrected chi connectivity index (χ2v) is 4.98. The van der Waals surface area contributed by atoms with Crippen LogP contribution in [0.2, 0.25) is 0 Å². The van der Waals surface area contributed by atoms with Crippen LogP contribution < -0.4 is 4.74 Å². The molecule has 0 amide bonds. The third kappa shape index (κ3) is 1.67. The molecule has 0 atom stereocenters. The first-order valence-electron chi connectivity index (χ1n) is 6.50. The Morgan fingerprint density at radius 3 is 2.71 bits per heavy atom. The zero-order valence-electron chi connectivity index (χ0n) is 11.5. The Balaban J connectivity index is 1.93. The maximum absolute atomic E-state index is 13.6. The Labute approximate surface area is 120 Å². The van der Waals surface area contributed by atoms with Gasteiger partial charge in [0, 0.05) is 11.1 Å². The Bertz CT molecular complexity index is 840. The molecule has 0 unspecified atom stereocenters. The van der Waals surface area contributed by atoms with Crippen molar-refractivity contribution in [2.75, 3.05) is 7.11 Å². The zero-order chi connectivity index (χ0) is 14.6. The third-order valence-corrected chi connectivity index (χ3v) is 3.67. The summed E-state index contributed by atoms with van der Waals surface area (Å²) in [6.07, 6.45) is 0. The normalized spacial score (nSPS) is 14.4. The molecule has 2 aliphatic heterocycles. The number of hydrogen-bond acceptors (Lipinski definition) is 4. The molecule has 0 bridgehead atoms. The monoisotopic (exact) mass is 282 g/mol. The minimum atomic E-state index is -0.301. The number of nitrogens with zero attached hydrogens (tertiary/aromatic N) is 2. The second kappa shape index (κ2) is 4.15. The van der Waals surface area contributed by atoms with Crippen molar-refractivity contribution in [3.05, 3.63) is 47.3 Å². The Morgan fingerprint density at radius 2 is 2.00 bits per heavy atom. The van der Waals surface area contributed by atoms with Crippen LogP contribution in [0.15, 0.2) is 40.5 Å². The predicted molar refractivity (Wildman–Crippen MR) is 77.8 cm³/mol. The summed E-state index contributed by atoms with van der Waals surface area (Å²) >= 11 is 0. The molecule has 4 nitrogen and oxygen atoms in total. The van der Waals surface area contributed by atoms with Crippen molar-refractivity contribution >= 4 is 17.3 Å². The summed E-state index contributed by atoms with van der Waals surface area (Å²) in [7, 11) is 1.57. The molecule has 0 spiro atoms. The molecular formula is C16H11FN2O2. The van der Waals surface area contributed by atoms with E-state index in [4.69, 9.17) is 9.57 Å². The van der Waals surface area contributed by atoms with E-state index in [1.165, 1.54) is 12.1 Å². The molecule has 0 N–H and O–H groups in total. The van der Waals surface area contributed by atoms with Gasteiger partial charge in [-0.25, -0.2) is 9.38 Å². The van der Waals surface area contributed by atoms with Gasteiger partial charge in [0.2, 0.25) is 0 Å². The van der Waals surface area contributed by atoms with Crippen LogP contribution in [0.3, 0.4) is 0 Å². The van der Waals surface area contributed by atoms with E-state index >= 15 is 0 Å². The summed E-state index contributed by atoms with van der Waals surface area (Å²) in [5.74, 6) is 0.878. The Hall–Kier alpha value is -2.69. The van der Waals surface area contributed by atoms with Crippen molar-refractivity contribution in [3.63, 3.8) is 0 Å². The lowest BCUT2D eigenvalue weighted by molar-refractivity contribution is 0.309. The van der Waals surface area contributed by atoms with Crippen LogP contribution in [-0.4, -0.2) is 18.7 Å². The molecule has 0 aliphatic carbocycles. The molecule has 0 radical (unpaired) electrons. The number of benzene rings is 2. The van der Waals surface area contributed by atoms with E-state index in [2.05, 4.69) is 10.1 Å². The quantitative estimate of drug-likeness (QED) is 0.844. The molecule has 0 saturated carbocycles. The van der Waals surface area contributed by atoms with Gasteiger partial charge in [-0.3, -0.25) is 0 Å². The van der Waals surface area contributed by atoms with Crippen LogP contribution in [0.5, 0.6) is 5.75 Å². The number of methoxy groups -OCH3 is 1. The van der Waals surface area contributed by atoms with Crippen molar-refractivity contribution in [1.82, 2.24) is 0 Å². The first-order valence-corrected chi connectivity index (χ1v) is 6.50. The highest BCUT2D eigenvalue weighted by Gasteiger charge is 2.33. The van der Waals surface area contributed by atoms with Crippen LogP contribution >= 0.6 is 0 Å². The van der Waals surface area contributed by atoms with E-state index in [1.807, 2.05) is 19.1 Å². The zero-order valence-corrected chi connectivity index (χ0v) is 11.5. The Kier molecular flexibility index (Phi) is 2.39. The SMILES string of the molecule is COc1ccc(F)cc1-c1cc(C)c2c(c1)C1=NOC1=N2. The van der Waals surface area contributed by atoms with E-state index in [1.54, 1.807) is 13.2 Å². The molecule has 2 heterocycles. The summed E-state index contributed by atoms with van der Waals surface area (Å²) in [5.41, 5.74) is 5.09. The van der Waals surface area contributed by atoms with Gasteiger partial charge in [0.15, 0.2) is 5.71 Å².